The quantitative estimate of drug-likeness (QED) is 0.854. The number of alkyl carbamates (subject to hydrolysis) is 1. The maximum Gasteiger partial charge on any atom is 0.408 e. The normalized spacial score (nSPS) is 21.1. The maximum atomic E-state index is 13.1. The maximum absolute atomic E-state index is 13.1. The average molecular weight is 274 g/mol. The van der Waals surface area contributed by atoms with Crippen molar-refractivity contribution >= 4 is 12.0 Å². The van der Waals surface area contributed by atoms with Crippen LogP contribution in [0.15, 0.2) is 0 Å². The number of carbonyl (C=O) groups is 2. The number of rotatable bonds is 3. The molecule has 1 N–H and O–H groups in total. The van der Waals surface area contributed by atoms with E-state index < -0.39 is 23.9 Å². The lowest BCUT2D eigenvalue weighted by atomic mass is 10.2. The van der Waals surface area contributed by atoms with Crippen molar-refractivity contribution in [1.82, 2.24) is 10.2 Å². The minimum absolute atomic E-state index is 0.116. The second kappa shape index (κ2) is 6.21. The molecule has 1 aliphatic rings. The Morgan fingerprint density at radius 1 is 1.47 bits per heavy atom. The first-order valence-electron chi connectivity index (χ1n) is 6.65. The van der Waals surface area contributed by atoms with Crippen LogP contribution < -0.4 is 5.32 Å². The molecule has 0 aliphatic carbocycles. The van der Waals surface area contributed by atoms with E-state index in [2.05, 4.69) is 5.32 Å². The predicted molar refractivity (Wildman–Crippen MR) is 69.5 cm³/mol. The van der Waals surface area contributed by atoms with Gasteiger partial charge in [0.05, 0.1) is 6.54 Å². The molecule has 0 spiro atoms. The van der Waals surface area contributed by atoms with Gasteiger partial charge in [0.25, 0.3) is 0 Å². The molecule has 0 aromatic heterocycles. The smallest absolute Gasteiger partial charge is 0.408 e. The zero-order valence-electron chi connectivity index (χ0n) is 12.0. The van der Waals surface area contributed by atoms with Crippen LogP contribution in [0, 0.1) is 0 Å². The largest absolute Gasteiger partial charge is 0.444 e. The molecule has 1 saturated heterocycles. The Hall–Kier alpha value is -1.33. The highest BCUT2D eigenvalue weighted by Crippen LogP contribution is 2.14. The second-order valence-electron chi connectivity index (χ2n) is 5.78. The lowest BCUT2D eigenvalue weighted by Crippen LogP contribution is -2.48. The van der Waals surface area contributed by atoms with Crippen molar-refractivity contribution < 1.29 is 18.7 Å². The molecule has 1 fully saturated rings. The molecule has 1 rings (SSSR count). The van der Waals surface area contributed by atoms with E-state index in [1.54, 1.807) is 27.7 Å². The van der Waals surface area contributed by atoms with E-state index in [1.807, 2.05) is 0 Å². The summed E-state index contributed by atoms with van der Waals surface area (Å²) >= 11 is 0. The van der Waals surface area contributed by atoms with Gasteiger partial charge >= 0.3 is 6.09 Å². The molecule has 110 valence electrons. The van der Waals surface area contributed by atoms with Gasteiger partial charge < -0.3 is 15.0 Å². The van der Waals surface area contributed by atoms with Crippen LogP contribution in [-0.4, -0.2) is 47.8 Å². The molecular formula is C13H23FN2O3. The van der Waals surface area contributed by atoms with E-state index in [0.717, 1.165) is 0 Å². The van der Waals surface area contributed by atoms with Crippen molar-refractivity contribution in [1.29, 1.82) is 0 Å². The highest BCUT2D eigenvalue weighted by molar-refractivity contribution is 5.85. The second-order valence-corrected chi connectivity index (χ2v) is 5.78. The number of nitrogens with one attached hydrogen (secondary N) is 1. The summed E-state index contributed by atoms with van der Waals surface area (Å²) in [6.45, 7) is 7.58. The Balaban J connectivity index is 2.53. The van der Waals surface area contributed by atoms with E-state index in [1.165, 1.54) is 4.90 Å². The zero-order valence-corrected chi connectivity index (χ0v) is 12.0. The van der Waals surface area contributed by atoms with Crippen LogP contribution in [0.2, 0.25) is 0 Å². The number of hydrogen-bond donors (Lipinski definition) is 1. The lowest BCUT2D eigenvalue weighted by Gasteiger charge is -2.25. The molecule has 19 heavy (non-hydrogen) atoms. The molecule has 2 unspecified atom stereocenters. The minimum atomic E-state index is -0.956. The van der Waals surface area contributed by atoms with Gasteiger partial charge in [0, 0.05) is 6.54 Å². The number of alkyl halides is 1. The molecule has 0 radical (unpaired) electrons. The number of amides is 2. The number of carbonyl (C=O) groups excluding carboxylic acids is 2. The molecule has 0 bridgehead atoms. The van der Waals surface area contributed by atoms with Gasteiger partial charge in [-0.15, -0.1) is 0 Å². The van der Waals surface area contributed by atoms with Crippen molar-refractivity contribution in [3.05, 3.63) is 0 Å². The van der Waals surface area contributed by atoms with Crippen molar-refractivity contribution in [3.63, 3.8) is 0 Å². The fourth-order valence-corrected chi connectivity index (χ4v) is 1.93. The third kappa shape index (κ3) is 5.04. The molecule has 1 heterocycles. The Kier molecular flexibility index (Phi) is 5.14. The fraction of sp³-hybridized carbons (Fsp3) is 0.846. The van der Waals surface area contributed by atoms with Gasteiger partial charge in [-0.05, 0) is 33.6 Å². The van der Waals surface area contributed by atoms with Crippen LogP contribution in [0.5, 0.6) is 0 Å². The van der Waals surface area contributed by atoms with Crippen LogP contribution in [0.3, 0.4) is 0 Å². The molecule has 1 aliphatic heterocycles. The van der Waals surface area contributed by atoms with Crippen molar-refractivity contribution in [3.8, 4) is 0 Å². The average Bonchev–Trinajstić information content (AvgIpc) is 2.69. The van der Waals surface area contributed by atoms with Gasteiger partial charge in [-0.1, -0.05) is 6.92 Å². The van der Waals surface area contributed by atoms with Gasteiger partial charge in [-0.25, -0.2) is 9.18 Å². The van der Waals surface area contributed by atoms with Crippen LogP contribution in [0.1, 0.15) is 40.5 Å². The Bertz CT molecular complexity index is 341. The number of nitrogens with zero attached hydrogens (tertiary/aromatic N) is 1. The number of hydrogen-bond acceptors (Lipinski definition) is 3. The zero-order chi connectivity index (χ0) is 14.6. The molecule has 0 aromatic carbocycles. The third-order valence-electron chi connectivity index (χ3n) is 2.84. The van der Waals surface area contributed by atoms with E-state index in [0.29, 0.717) is 19.4 Å². The summed E-state index contributed by atoms with van der Waals surface area (Å²) in [4.78, 5) is 25.2. The molecule has 0 aromatic rings. The molecule has 5 nitrogen and oxygen atoms in total. The first kappa shape index (κ1) is 15.7. The van der Waals surface area contributed by atoms with E-state index >= 15 is 0 Å². The third-order valence-corrected chi connectivity index (χ3v) is 2.84. The molecule has 0 saturated carbocycles. The topological polar surface area (TPSA) is 58.6 Å². The van der Waals surface area contributed by atoms with E-state index in [-0.39, 0.29) is 12.5 Å². The monoisotopic (exact) mass is 274 g/mol. The molecule has 6 heteroatoms. The predicted octanol–water partition coefficient (Wildman–Crippen LogP) is 1.86. The van der Waals surface area contributed by atoms with Gasteiger partial charge in [0.2, 0.25) is 5.91 Å². The highest BCUT2D eigenvalue weighted by atomic mass is 19.1. The lowest BCUT2D eigenvalue weighted by molar-refractivity contribution is -0.132. The summed E-state index contributed by atoms with van der Waals surface area (Å²) in [5.74, 6) is -0.242. The summed E-state index contributed by atoms with van der Waals surface area (Å²) < 4.78 is 18.2. The number of likely N-dealkylation sites (tertiary alicyclic amines) is 1. The van der Waals surface area contributed by atoms with Crippen LogP contribution in [0.4, 0.5) is 9.18 Å². The summed E-state index contributed by atoms with van der Waals surface area (Å²) in [5, 5.41) is 2.54. The SMILES string of the molecule is CCC(NC(=O)OC(C)(C)C)C(=O)N1CCC(F)C1. The van der Waals surface area contributed by atoms with Crippen LogP contribution in [-0.2, 0) is 9.53 Å². The summed E-state index contributed by atoms with van der Waals surface area (Å²) in [6, 6.07) is -0.653. The number of ether oxygens (including phenoxy) is 1. The molecular weight excluding hydrogens is 251 g/mol. The number of halogens is 1. The van der Waals surface area contributed by atoms with Crippen molar-refractivity contribution in [2.24, 2.45) is 0 Å². The molecule has 2 atom stereocenters. The Labute approximate surface area is 113 Å². The van der Waals surface area contributed by atoms with E-state index in [4.69, 9.17) is 4.74 Å². The Morgan fingerprint density at radius 2 is 2.11 bits per heavy atom. The first-order valence-corrected chi connectivity index (χ1v) is 6.65. The molecule has 2 amide bonds. The summed E-state index contributed by atoms with van der Waals surface area (Å²) in [6.07, 6.45) is -0.758. The standard InChI is InChI=1S/C13H23FN2O3/c1-5-10(15-12(18)19-13(2,3)4)11(17)16-7-6-9(14)8-16/h9-10H,5-8H2,1-4H3,(H,15,18). The van der Waals surface area contributed by atoms with Crippen molar-refractivity contribution in [2.45, 2.75) is 58.4 Å². The first-order chi connectivity index (χ1) is 8.73. The Morgan fingerprint density at radius 3 is 2.53 bits per heavy atom. The van der Waals surface area contributed by atoms with Gasteiger partial charge in [0.15, 0.2) is 0 Å². The summed E-state index contributed by atoms with van der Waals surface area (Å²) in [7, 11) is 0. The minimum Gasteiger partial charge on any atom is -0.444 e. The fourth-order valence-electron chi connectivity index (χ4n) is 1.93. The van der Waals surface area contributed by atoms with Gasteiger partial charge in [-0.3, -0.25) is 4.79 Å². The summed E-state index contributed by atoms with van der Waals surface area (Å²) in [5.41, 5.74) is -0.608. The van der Waals surface area contributed by atoms with Crippen LogP contribution >= 0.6 is 0 Å². The van der Waals surface area contributed by atoms with E-state index in [9.17, 15) is 14.0 Å². The van der Waals surface area contributed by atoms with Gasteiger partial charge in [-0.2, -0.15) is 0 Å². The van der Waals surface area contributed by atoms with Crippen molar-refractivity contribution in [2.75, 3.05) is 13.1 Å². The highest BCUT2D eigenvalue weighted by Gasteiger charge is 2.31. The van der Waals surface area contributed by atoms with Crippen LogP contribution in [0.25, 0.3) is 0 Å². The van der Waals surface area contributed by atoms with Gasteiger partial charge in [0.1, 0.15) is 17.8 Å².